The van der Waals surface area contributed by atoms with Crippen LogP contribution in [-0.4, -0.2) is 4.75 Å². The maximum Gasteiger partial charge on any atom is 0.0342 e. The van der Waals surface area contributed by atoms with Crippen LogP contribution in [0.5, 0.6) is 0 Å². The Morgan fingerprint density at radius 2 is 1.56 bits per heavy atom. The summed E-state index contributed by atoms with van der Waals surface area (Å²) in [7, 11) is 0.751. The maximum absolute atomic E-state index is 4.45. The SMILES string of the molecule is Cc1cn[pH]c1C1CCCCCCCCC1. The molecule has 1 aromatic heterocycles. The summed E-state index contributed by atoms with van der Waals surface area (Å²) in [6.45, 7) is 2.25. The molecule has 1 heterocycles. The lowest BCUT2D eigenvalue weighted by molar-refractivity contribution is 0.465. The minimum absolute atomic E-state index is 0.751. The summed E-state index contributed by atoms with van der Waals surface area (Å²) in [6, 6.07) is 0. The highest BCUT2D eigenvalue weighted by atomic mass is 31.0. The zero-order valence-electron chi connectivity index (χ0n) is 10.5. The van der Waals surface area contributed by atoms with Gasteiger partial charge in [-0.05, 0) is 44.9 Å². The summed E-state index contributed by atoms with van der Waals surface area (Å²) in [4.78, 5) is 0. The zero-order valence-corrected chi connectivity index (χ0v) is 11.5. The van der Waals surface area contributed by atoms with Gasteiger partial charge in [0.25, 0.3) is 0 Å². The van der Waals surface area contributed by atoms with Crippen LogP contribution in [0, 0.1) is 6.92 Å². The first-order valence-electron chi connectivity index (χ1n) is 6.88. The van der Waals surface area contributed by atoms with E-state index >= 15 is 0 Å². The third kappa shape index (κ3) is 3.35. The number of nitrogens with zero attached hydrogens (tertiary/aromatic N) is 1. The molecule has 2 heteroatoms. The Labute approximate surface area is 101 Å². The van der Waals surface area contributed by atoms with E-state index in [9.17, 15) is 0 Å². The van der Waals surface area contributed by atoms with Crippen LogP contribution in [0.25, 0.3) is 0 Å². The van der Waals surface area contributed by atoms with Crippen molar-refractivity contribution in [2.45, 2.75) is 70.6 Å². The normalized spacial score (nSPS) is 21.3. The fourth-order valence-electron chi connectivity index (χ4n) is 2.87. The van der Waals surface area contributed by atoms with Crippen LogP contribution in [0.2, 0.25) is 0 Å². The van der Waals surface area contributed by atoms with E-state index in [-0.39, 0.29) is 0 Å². The van der Waals surface area contributed by atoms with Crippen molar-refractivity contribution in [2.24, 2.45) is 0 Å². The summed E-state index contributed by atoms with van der Waals surface area (Å²) < 4.78 is 4.45. The predicted molar refractivity (Wildman–Crippen MR) is 72.8 cm³/mol. The molecule has 1 aliphatic carbocycles. The topological polar surface area (TPSA) is 12.9 Å². The van der Waals surface area contributed by atoms with Crippen LogP contribution in [0.1, 0.15) is 74.6 Å². The van der Waals surface area contributed by atoms with E-state index < -0.39 is 0 Å². The molecular weight excluding hydrogens is 213 g/mol. The molecule has 1 aliphatic rings. The van der Waals surface area contributed by atoms with Crippen molar-refractivity contribution in [1.29, 1.82) is 0 Å². The molecule has 0 aromatic carbocycles. The Kier molecular flexibility index (Phi) is 4.91. The van der Waals surface area contributed by atoms with E-state index in [2.05, 4.69) is 17.9 Å². The van der Waals surface area contributed by atoms with Crippen molar-refractivity contribution in [3.05, 3.63) is 17.1 Å². The molecule has 1 saturated carbocycles. The highest BCUT2D eigenvalue weighted by molar-refractivity contribution is 7.26. The smallest absolute Gasteiger partial charge is 0.0342 e. The second kappa shape index (κ2) is 6.45. The molecule has 1 unspecified atom stereocenters. The van der Waals surface area contributed by atoms with Crippen molar-refractivity contribution in [1.82, 2.24) is 4.75 Å². The molecule has 0 amide bonds. The van der Waals surface area contributed by atoms with Crippen molar-refractivity contribution in [2.75, 3.05) is 0 Å². The van der Waals surface area contributed by atoms with E-state index in [1.165, 1.54) is 63.4 Å². The van der Waals surface area contributed by atoms with Crippen molar-refractivity contribution in [3.8, 4) is 0 Å². The zero-order chi connectivity index (χ0) is 11.2. The van der Waals surface area contributed by atoms with Gasteiger partial charge >= 0.3 is 0 Å². The van der Waals surface area contributed by atoms with Crippen molar-refractivity contribution < 1.29 is 0 Å². The summed E-state index contributed by atoms with van der Waals surface area (Å²) >= 11 is 0. The summed E-state index contributed by atoms with van der Waals surface area (Å²) in [5.41, 5.74) is 1.47. The molecule has 1 atom stereocenters. The van der Waals surface area contributed by atoms with Crippen LogP contribution in [-0.2, 0) is 0 Å². The molecule has 1 aromatic rings. The highest BCUT2D eigenvalue weighted by Gasteiger charge is 2.15. The Bertz CT molecular complexity index is 295. The number of rotatable bonds is 1. The van der Waals surface area contributed by atoms with Gasteiger partial charge in [0.1, 0.15) is 0 Å². The van der Waals surface area contributed by atoms with Crippen LogP contribution >= 0.6 is 8.35 Å². The van der Waals surface area contributed by atoms with Gasteiger partial charge < -0.3 is 0 Å². The number of hydrogen-bond donors (Lipinski definition) is 0. The molecule has 1 nitrogen and oxygen atoms in total. The lowest BCUT2D eigenvalue weighted by atomic mass is 9.90. The van der Waals surface area contributed by atoms with Gasteiger partial charge in [0.05, 0.1) is 0 Å². The van der Waals surface area contributed by atoms with Crippen molar-refractivity contribution in [3.63, 3.8) is 0 Å². The Morgan fingerprint density at radius 1 is 1.00 bits per heavy atom. The van der Waals surface area contributed by atoms with Crippen LogP contribution in [0.3, 0.4) is 0 Å². The molecule has 0 bridgehead atoms. The first-order valence-corrected chi connectivity index (χ1v) is 7.82. The molecule has 1 fully saturated rings. The summed E-state index contributed by atoms with van der Waals surface area (Å²) in [6.07, 6.45) is 15.1. The molecule has 0 saturated heterocycles. The highest BCUT2D eigenvalue weighted by Crippen LogP contribution is 2.35. The monoisotopic (exact) mass is 237 g/mol. The second-order valence-electron chi connectivity index (χ2n) is 5.22. The molecule has 0 radical (unpaired) electrons. The summed E-state index contributed by atoms with van der Waals surface area (Å²) in [5, 5.41) is 1.68. The van der Waals surface area contributed by atoms with Crippen molar-refractivity contribution >= 4 is 8.35 Å². The minimum atomic E-state index is 0.751. The van der Waals surface area contributed by atoms with Crippen LogP contribution in [0.15, 0.2) is 6.20 Å². The third-order valence-corrected chi connectivity index (χ3v) is 5.18. The van der Waals surface area contributed by atoms with Gasteiger partial charge in [-0.1, -0.05) is 44.9 Å². The molecule has 90 valence electrons. The third-order valence-electron chi connectivity index (χ3n) is 3.88. The fraction of sp³-hybridized carbons (Fsp3) is 0.786. The lowest BCUT2D eigenvalue weighted by Crippen LogP contribution is -2.00. The largest absolute Gasteiger partial charge is 0.248 e. The lowest BCUT2D eigenvalue weighted by Gasteiger charge is -2.18. The van der Waals surface area contributed by atoms with Gasteiger partial charge in [-0.3, -0.25) is 0 Å². The predicted octanol–water partition coefficient (Wildman–Crippen LogP) is 5.03. The van der Waals surface area contributed by atoms with E-state index in [1.807, 2.05) is 0 Å². The standard InChI is InChI=1S/C14H24NP/c1-12-11-15-16-14(12)13-9-7-5-3-2-4-6-8-10-13/h11,13,16H,2-10H2,1H3. The summed E-state index contributed by atoms with van der Waals surface area (Å²) in [5.74, 6) is 0.860. The molecule has 0 N–H and O–H groups in total. The van der Waals surface area contributed by atoms with E-state index in [4.69, 9.17) is 0 Å². The van der Waals surface area contributed by atoms with E-state index in [1.54, 1.807) is 5.30 Å². The van der Waals surface area contributed by atoms with Gasteiger partial charge in [-0.25, -0.2) is 4.75 Å². The quantitative estimate of drug-likeness (QED) is 0.667. The first-order chi connectivity index (χ1) is 7.88. The minimum Gasteiger partial charge on any atom is -0.248 e. The Balaban J connectivity index is 1.97. The molecular formula is C14H24NP. The maximum atomic E-state index is 4.45. The van der Waals surface area contributed by atoms with Gasteiger partial charge in [0.15, 0.2) is 0 Å². The van der Waals surface area contributed by atoms with Gasteiger partial charge in [-0.2, -0.15) is 0 Å². The van der Waals surface area contributed by atoms with Crippen LogP contribution < -0.4 is 0 Å². The average Bonchev–Trinajstić information content (AvgIpc) is 2.72. The van der Waals surface area contributed by atoms with E-state index in [0.29, 0.717) is 0 Å². The van der Waals surface area contributed by atoms with Crippen LogP contribution in [0.4, 0.5) is 0 Å². The molecule has 0 aliphatic heterocycles. The Hall–Kier alpha value is -0.290. The van der Waals surface area contributed by atoms with Gasteiger partial charge in [0, 0.05) is 6.20 Å². The van der Waals surface area contributed by atoms with Gasteiger partial charge in [-0.15, -0.1) is 0 Å². The first kappa shape index (κ1) is 12.2. The fourth-order valence-corrected chi connectivity index (χ4v) is 3.98. The number of aryl methyl sites for hydroxylation is 1. The van der Waals surface area contributed by atoms with Gasteiger partial charge in [0.2, 0.25) is 0 Å². The molecule has 2 rings (SSSR count). The molecule has 16 heavy (non-hydrogen) atoms. The molecule has 0 spiro atoms. The number of aromatic nitrogens is 1. The second-order valence-corrected chi connectivity index (χ2v) is 6.24. The Morgan fingerprint density at radius 3 is 2.06 bits per heavy atom. The number of hydrogen-bond acceptors (Lipinski definition) is 1. The van der Waals surface area contributed by atoms with E-state index in [0.717, 1.165) is 14.3 Å². The average molecular weight is 237 g/mol.